The van der Waals surface area contributed by atoms with Crippen LogP contribution in [0.2, 0.25) is 0 Å². The van der Waals surface area contributed by atoms with Crippen molar-refractivity contribution in [1.29, 1.82) is 0 Å². The number of benzene rings is 2. The van der Waals surface area contributed by atoms with E-state index in [0.717, 1.165) is 29.5 Å². The molecule has 0 unspecified atom stereocenters. The van der Waals surface area contributed by atoms with Crippen LogP contribution in [0.5, 0.6) is 0 Å². The van der Waals surface area contributed by atoms with Gasteiger partial charge in [-0.2, -0.15) is 0 Å². The molecule has 0 aliphatic carbocycles. The van der Waals surface area contributed by atoms with Gasteiger partial charge in [0.25, 0.3) is 5.91 Å². The van der Waals surface area contributed by atoms with E-state index in [0.29, 0.717) is 0 Å². The number of nitrogens with zero attached hydrogens (tertiary/aromatic N) is 6. The molecule has 6 rings (SSSR count). The SMILES string of the molecule is Cc1ccc(N)cc1.Cc1ccc(NC(=O)c2cnco2)cc1.O=C(O)c1cnco1.O=C(n1ccnc1)n1ccnc1. The number of hydrogen-bond acceptors (Lipinski definition) is 10. The van der Waals surface area contributed by atoms with Gasteiger partial charge in [-0.25, -0.2) is 29.5 Å². The Bertz CT molecular complexity index is 1590. The first-order valence-electron chi connectivity index (χ1n) is 12.4. The van der Waals surface area contributed by atoms with Gasteiger partial charge in [-0.3, -0.25) is 13.9 Å². The number of aromatic carboxylic acids is 1. The number of carboxylic acid groups (broad SMARTS) is 1. The number of nitrogen functional groups attached to an aromatic ring is 1. The highest BCUT2D eigenvalue weighted by atomic mass is 16.4. The van der Waals surface area contributed by atoms with Gasteiger partial charge in [0.15, 0.2) is 12.8 Å². The second kappa shape index (κ2) is 16.1. The molecule has 4 aromatic heterocycles. The Hall–Kier alpha value is -6.31. The van der Waals surface area contributed by atoms with E-state index >= 15 is 0 Å². The van der Waals surface area contributed by atoms with E-state index in [-0.39, 0.29) is 23.5 Å². The summed E-state index contributed by atoms with van der Waals surface area (Å²) < 4.78 is 12.0. The van der Waals surface area contributed by atoms with Crippen molar-refractivity contribution in [3.8, 4) is 0 Å². The maximum Gasteiger partial charge on any atom is 0.373 e. The Labute approximate surface area is 245 Å². The molecule has 0 bridgehead atoms. The molecule has 0 fully saturated rings. The van der Waals surface area contributed by atoms with Crippen LogP contribution >= 0.6 is 0 Å². The molecular weight excluding hydrogens is 556 g/mol. The van der Waals surface area contributed by atoms with E-state index in [1.54, 1.807) is 24.8 Å². The van der Waals surface area contributed by atoms with Crippen LogP contribution in [-0.2, 0) is 0 Å². The number of rotatable bonds is 3. The predicted molar refractivity (Wildman–Crippen MR) is 155 cm³/mol. The molecule has 6 aromatic rings. The number of imidazole rings is 2. The molecule has 220 valence electrons. The fourth-order valence-electron chi connectivity index (χ4n) is 2.92. The van der Waals surface area contributed by atoms with Gasteiger partial charge in [-0.1, -0.05) is 35.4 Å². The lowest BCUT2D eigenvalue weighted by atomic mass is 10.2. The molecule has 4 N–H and O–H groups in total. The normalized spacial score (nSPS) is 9.63. The summed E-state index contributed by atoms with van der Waals surface area (Å²) in [6, 6.07) is 15.1. The molecule has 0 radical (unpaired) electrons. The first-order valence-corrected chi connectivity index (χ1v) is 12.4. The largest absolute Gasteiger partial charge is 0.475 e. The summed E-state index contributed by atoms with van der Waals surface area (Å²) in [5.41, 5.74) is 9.39. The Kier molecular flexibility index (Phi) is 11.7. The molecule has 14 heteroatoms. The third-order valence-corrected chi connectivity index (χ3v) is 5.14. The van der Waals surface area contributed by atoms with Gasteiger partial charge in [0.1, 0.15) is 12.7 Å². The van der Waals surface area contributed by atoms with Gasteiger partial charge in [-0.05, 0) is 38.1 Å². The monoisotopic (exact) mass is 584 g/mol. The quantitative estimate of drug-likeness (QED) is 0.242. The van der Waals surface area contributed by atoms with Crippen LogP contribution in [0.15, 0.2) is 120 Å². The van der Waals surface area contributed by atoms with Gasteiger partial charge in [-0.15, -0.1) is 0 Å². The summed E-state index contributed by atoms with van der Waals surface area (Å²) >= 11 is 0. The number of anilines is 2. The molecule has 14 nitrogen and oxygen atoms in total. The molecule has 0 saturated carbocycles. The highest BCUT2D eigenvalue weighted by molar-refractivity contribution is 6.01. The van der Waals surface area contributed by atoms with Gasteiger partial charge in [0.2, 0.25) is 11.5 Å². The number of amides is 1. The zero-order valence-electron chi connectivity index (χ0n) is 23.1. The lowest BCUT2D eigenvalue weighted by Crippen LogP contribution is -2.15. The van der Waals surface area contributed by atoms with Crippen LogP contribution in [0.1, 0.15) is 32.2 Å². The number of carbonyl (C=O) groups excluding carboxylic acids is 2. The number of aromatic nitrogens is 6. The van der Waals surface area contributed by atoms with Gasteiger partial charge < -0.3 is 25.0 Å². The second-order valence-electron chi connectivity index (χ2n) is 8.49. The molecule has 0 aliphatic heterocycles. The number of carboxylic acids is 1. The molecule has 1 amide bonds. The van der Waals surface area contributed by atoms with Gasteiger partial charge >= 0.3 is 12.0 Å². The maximum absolute atomic E-state index is 11.5. The van der Waals surface area contributed by atoms with Crippen LogP contribution < -0.4 is 11.1 Å². The van der Waals surface area contributed by atoms with Gasteiger partial charge in [0, 0.05) is 36.2 Å². The second-order valence-corrected chi connectivity index (χ2v) is 8.49. The molecule has 2 aromatic carbocycles. The summed E-state index contributed by atoms with van der Waals surface area (Å²) in [4.78, 5) is 47.4. The molecule has 43 heavy (non-hydrogen) atoms. The van der Waals surface area contributed by atoms with Crippen molar-refractivity contribution in [2.75, 3.05) is 11.1 Å². The smallest absolute Gasteiger partial charge is 0.373 e. The molecule has 0 saturated heterocycles. The van der Waals surface area contributed by atoms with E-state index in [9.17, 15) is 14.4 Å². The average Bonchev–Trinajstić information content (AvgIpc) is 3.85. The average molecular weight is 585 g/mol. The predicted octanol–water partition coefficient (Wildman–Crippen LogP) is 4.78. The summed E-state index contributed by atoms with van der Waals surface area (Å²) in [6.45, 7) is 4.03. The fourth-order valence-corrected chi connectivity index (χ4v) is 2.92. The van der Waals surface area contributed by atoms with Crippen LogP contribution in [0, 0.1) is 13.8 Å². The minimum atomic E-state index is -1.09. The highest BCUT2D eigenvalue weighted by Gasteiger charge is 2.09. The number of carbonyl (C=O) groups is 3. The maximum atomic E-state index is 11.5. The Morgan fingerprint density at radius 3 is 1.60 bits per heavy atom. The van der Waals surface area contributed by atoms with Crippen LogP contribution in [0.4, 0.5) is 16.2 Å². The van der Waals surface area contributed by atoms with Crippen molar-refractivity contribution < 1.29 is 28.3 Å². The van der Waals surface area contributed by atoms with E-state index < -0.39 is 5.97 Å². The molecule has 0 spiro atoms. The van der Waals surface area contributed by atoms with E-state index in [1.807, 2.05) is 62.4 Å². The van der Waals surface area contributed by atoms with E-state index in [4.69, 9.17) is 15.3 Å². The number of nitrogens with two attached hydrogens (primary N) is 1. The van der Waals surface area contributed by atoms with Crippen LogP contribution in [-0.4, -0.2) is 52.1 Å². The summed E-state index contributed by atoms with van der Waals surface area (Å²) in [7, 11) is 0. The number of hydrogen-bond donors (Lipinski definition) is 3. The zero-order chi connectivity index (χ0) is 31.0. The number of nitrogens with one attached hydrogen (secondary N) is 1. The van der Waals surface area contributed by atoms with Gasteiger partial charge in [0.05, 0.1) is 12.4 Å². The van der Waals surface area contributed by atoms with Crippen molar-refractivity contribution in [1.82, 2.24) is 29.1 Å². The Morgan fingerprint density at radius 1 is 0.744 bits per heavy atom. The molecule has 0 aliphatic rings. The minimum Gasteiger partial charge on any atom is -0.475 e. The first kappa shape index (κ1) is 31.2. The molecule has 4 heterocycles. The van der Waals surface area contributed by atoms with Crippen molar-refractivity contribution in [3.63, 3.8) is 0 Å². The first-order chi connectivity index (χ1) is 20.7. The van der Waals surface area contributed by atoms with Crippen LogP contribution in [0.25, 0.3) is 0 Å². The Balaban J connectivity index is 0.000000163. The van der Waals surface area contributed by atoms with E-state index in [2.05, 4.69) is 29.7 Å². The standard InChI is InChI=1S/C11H10N2O2.C7H6N4O.C7H9N.C4H3NO3/c1-8-2-4-9(5-3-8)13-11(14)10-6-12-7-15-10;12-7(10-3-1-8-5-10)11-4-2-9-6-11;1-6-2-4-7(8)5-3-6;6-4(7)3-1-5-2-8-3/h2-7H,1H3,(H,13,14);1-6H;2-5H,8H2,1H3;1-2H,(H,6,7). The lowest BCUT2D eigenvalue weighted by molar-refractivity contribution is 0.0662. The minimum absolute atomic E-state index is 0.134. The summed E-state index contributed by atoms with van der Waals surface area (Å²) in [5.74, 6) is -1.32. The zero-order valence-corrected chi connectivity index (χ0v) is 23.1. The third-order valence-electron chi connectivity index (χ3n) is 5.14. The van der Waals surface area contributed by atoms with Crippen LogP contribution in [0.3, 0.4) is 0 Å². The molecule has 0 atom stereocenters. The van der Waals surface area contributed by atoms with Crippen molar-refractivity contribution in [2.24, 2.45) is 0 Å². The fraction of sp³-hybridized carbons (Fsp3) is 0.0690. The van der Waals surface area contributed by atoms with E-state index in [1.165, 1.54) is 39.9 Å². The topological polar surface area (TPSA) is 197 Å². The molecular formula is C29H28N8O6. The van der Waals surface area contributed by atoms with Crippen molar-refractivity contribution >= 4 is 29.3 Å². The lowest BCUT2D eigenvalue weighted by Gasteiger charge is -2.02. The summed E-state index contributed by atoms with van der Waals surface area (Å²) in [5, 5.41) is 10.8. The van der Waals surface area contributed by atoms with Crippen molar-refractivity contribution in [3.05, 3.63) is 134 Å². The number of aryl methyl sites for hydroxylation is 2. The van der Waals surface area contributed by atoms with Crippen molar-refractivity contribution in [2.45, 2.75) is 13.8 Å². The number of oxazole rings is 2. The summed E-state index contributed by atoms with van der Waals surface area (Å²) in [6.07, 6.45) is 14.0. The Morgan fingerprint density at radius 2 is 1.23 bits per heavy atom. The highest BCUT2D eigenvalue weighted by Crippen LogP contribution is 2.10. The third kappa shape index (κ3) is 10.6.